The number of aldehydes is 1. The molecule has 80 valence electrons. The molecular formula is C11H13NO3. The summed E-state index contributed by atoms with van der Waals surface area (Å²) < 4.78 is 5.23. The van der Waals surface area contributed by atoms with E-state index in [1.54, 1.807) is 26.0 Å². The number of hydrogen-bond acceptors (Lipinski definition) is 3. The molecule has 0 atom stereocenters. The molecule has 0 spiro atoms. The number of aryl methyl sites for hydroxylation is 2. The highest BCUT2D eigenvalue weighted by Gasteiger charge is 2.08. The fourth-order valence-corrected chi connectivity index (χ4v) is 1.44. The van der Waals surface area contributed by atoms with E-state index in [0.717, 1.165) is 11.1 Å². The molecule has 1 aromatic rings. The van der Waals surface area contributed by atoms with Gasteiger partial charge in [-0.15, -0.1) is 0 Å². The molecule has 15 heavy (non-hydrogen) atoms. The van der Waals surface area contributed by atoms with E-state index >= 15 is 0 Å². The number of primary amides is 1. The largest absolute Gasteiger partial charge is 0.486 e. The highest BCUT2D eigenvalue weighted by molar-refractivity contribution is 5.93. The van der Waals surface area contributed by atoms with Gasteiger partial charge in [-0.3, -0.25) is 9.59 Å². The summed E-state index contributed by atoms with van der Waals surface area (Å²) in [4.78, 5) is 21.1. The van der Waals surface area contributed by atoms with E-state index in [1.165, 1.54) is 0 Å². The van der Waals surface area contributed by atoms with Crippen molar-refractivity contribution in [2.75, 3.05) is 6.61 Å². The van der Waals surface area contributed by atoms with Gasteiger partial charge in [0.25, 0.3) is 0 Å². The van der Waals surface area contributed by atoms with E-state index in [9.17, 15) is 9.59 Å². The molecule has 0 unspecified atom stereocenters. The maximum Gasteiger partial charge on any atom is 0.248 e. The number of amides is 1. The summed E-state index contributed by atoms with van der Waals surface area (Å²) >= 11 is 0. The lowest BCUT2D eigenvalue weighted by Crippen LogP contribution is -2.12. The molecule has 1 amide bonds. The van der Waals surface area contributed by atoms with Gasteiger partial charge in [-0.05, 0) is 37.1 Å². The molecule has 0 heterocycles. The summed E-state index contributed by atoms with van der Waals surface area (Å²) in [6.45, 7) is 3.62. The van der Waals surface area contributed by atoms with Gasteiger partial charge in [0, 0.05) is 5.56 Å². The van der Waals surface area contributed by atoms with Crippen LogP contribution < -0.4 is 10.5 Å². The Labute approximate surface area is 88.0 Å². The van der Waals surface area contributed by atoms with Crippen molar-refractivity contribution >= 4 is 12.2 Å². The Kier molecular flexibility index (Phi) is 3.44. The minimum absolute atomic E-state index is 0.0115. The Morgan fingerprint density at radius 1 is 1.40 bits per heavy atom. The van der Waals surface area contributed by atoms with Crippen LogP contribution in [0.5, 0.6) is 5.75 Å². The Morgan fingerprint density at radius 2 is 1.93 bits per heavy atom. The molecule has 1 rings (SSSR count). The minimum Gasteiger partial charge on any atom is -0.486 e. The van der Waals surface area contributed by atoms with E-state index in [0.29, 0.717) is 17.6 Å². The first-order valence-corrected chi connectivity index (χ1v) is 4.53. The molecule has 4 heteroatoms. The van der Waals surface area contributed by atoms with Crippen LogP contribution in [0, 0.1) is 13.8 Å². The Bertz CT molecular complexity index is 376. The number of carbonyl (C=O) groups is 2. The van der Waals surface area contributed by atoms with Gasteiger partial charge in [-0.1, -0.05) is 0 Å². The maximum atomic E-state index is 11.0. The predicted octanol–water partition coefficient (Wildman–Crippen LogP) is 0.980. The summed E-state index contributed by atoms with van der Waals surface area (Å²) in [6.07, 6.45) is 0.681. The molecule has 0 bridgehead atoms. The zero-order valence-electron chi connectivity index (χ0n) is 8.74. The topological polar surface area (TPSA) is 69.4 Å². The lowest BCUT2D eigenvalue weighted by molar-refractivity contribution is -0.109. The van der Waals surface area contributed by atoms with Crippen molar-refractivity contribution in [1.29, 1.82) is 0 Å². The summed E-state index contributed by atoms with van der Waals surface area (Å²) in [7, 11) is 0. The van der Waals surface area contributed by atoms with Crippen molar-refractivity contribution in [1.82, 2.24) is 0 Å². The predicted molar refractivity (Wildman–Crippen MR) is 56.0 cm³/mol. The normalized spacial score (nSPS) is 9.73. The van der Waals surface area contributed by atoms with Crippen LogP contribution in [0.1, 0.15) is 21.5 Å². The van der Waals surface area contributed by atoms with Crippen LogP contribution >= 0.6 is 0 Å². The average Bonchev–Trinajstić information content (AvgIpc) is 2.16. The van der Waals surface area contributed by atoms with Gasteiger partial charge < -0.3 is 10.5 Å². The zero-order chi connectivity index (χ0) is 11.4. The fraction of sp³-hybridized carbons (Fsp3) is 0.273. The number of ether oxygens (including phenoxy) is 1. The van der Waals surface area contributed by atoms with Crippen molar-refractivity contribution < 1.29 is 14.3 Å². The number of rotatable bonds is 4. The first-order chi connectivity index (χ1) is 7.06. The lowest BCUT2D eigenvalue weighted by atomic mass is 10.1. The van der Waals surface area contributed by atoms with Gasteiger partial charge in [-0.2, -0.15) is 0 Å². The molecule has 0 aliphatic carbocycles. The molecule has 0 aliphatic heterocycles. The SMILES string of the molecule is Cc1cc(C(N)=O)cc(C)c1OCC=O. The summed E-state index contributed by atoms with van der Waals surface area (Å²) in [5.41, 5.74) is 7.21. The number of benzene rings is 1. The first kappa shape index (κ1) is 11.2. The van der Waals surface area contributed by atoms with Crippen molar-refractivity contribution in [3.63, 3.8) is 0 Å². The van der Waals surface area contributed by atoms with Crippen LogP contribution in [-0.4, -0.2) is 18.8 Å². The van der Waals surface area contributed by atoms with Gasteiger partial charge in [0.15, 0.2) is 6.29 Å². The second-order valence-corrected chi connectivity index (χ2v) is 3.28. The molecular weight excluding hydrogens is 194 g/mol. The van der Waals surface area contributed by atoms with Crippen LogP contribution in [0.25, 0.3) is 0 Å². The van der Waals surface area contributed by atoms with E-state index in [-0.39, 0.29) is 6.61 Å². The van der Waals surface area contributed by atoms with Gasteiger partial charge >= 0.3 is 0 Å². The molecule has 0 aliphatic rings. The smallest absolute Gasteiger partial charge is 0.248 e. The Morgan fingerprint density at radius 3 is 2.33 bits per heavy atom. The van der Waals surface area contributed by atoms with Gasteiger partial charge in [0.2, 0.25) is 5.91 Å². The van der Waals surface area contributed by atoms with Crippen molar-refractivity contribution in [3.05, 3.63) is 28.8 Å². The molecule has 0 radical (unpaired) electrons. The number of nitrogens with two attached hydrogens (primary N) is 1. The molecule has 1 aromatic carbocycles. The maximum absolute atomic E-state index is 11.0. The van der Waals surface area contributed by atoms with Gasteiger partial charge in [0.05, 0.1) is 0 Å². The minimum atomic E-state index is -0.469. The monoisotopic (exact) mass is 207 g/mol. The average molecular weight is 207 g/mol. The van der Waals surface area contributed by atoms with Crippen LogP contribution in [0.3, 0.4) is 0 Å². The fourth-order valence-electron chi connectivity index (χ4n) is 1.44. The molecule has 0 aromatic heterocycles. The standard InChI is InChI=1S/C11H13NO3/c1-7-5-9(11(12)14)6-8(2)10(7)15-4-3-13/h3,5-6H,4H2,1-2H3,(H2,12,14). The molecule has 0 saturated carbocycles. The van der Waals surface area contributed by atoms with Crippen LogP contribution in [0.2, 0.25) is 0 Å². The van der Waals surface area contributed by atoms with Crippen LogP contribution in [0.4, 0.5) is 0 Å². The van der Waals surface area contributed by atoms with Crippen molar-refractivity contribution in [3.8, 4) is 5.75 Å². The lowest BCUT2D eigenvalue weighted by Gasteiger charge is -2.11. The second-order valence-electron chi connectivity index (χ2n) is 3.28. The third kappa shape index (κ3) is 2.56. The highest BCUT2D eigenvalue weighted by Crippen LogP contribution is 2.24. The Balaban J connectivity index is 3.09. The van der Waals surface area contributed by atoms with Gasteiger partial charge in [-0.25, -0.2) is 0 Å². The quantitative estimate of drug-likeness (QED) is 0.748. The zero-order valence-corrected chi connectivity index (χ0v) is 8.74. The second kappa shape index (κ2) is 4.59. The van der Waals surface area contributed by atoms with Crippen molar-refractivity contribution in [2.24, 2.45) is 5.73 Å². The Hall–Kier alpha value is -1.84. The third-order valence-corrected chi connectivity index (χ3v) is 2.04. The summed E-state index contributed by atoms with van der Waals surface area (Å²) in [5, 5.41) is 0. The molecule has 4 nitrogen and oxygen atoms in total. The van der Waals surface area contributed by atoms with Crippen LogP contribution in [-0.2, 0) is 4.79 Å². The van der Waals surface area contributed by atoms with Crippen LogP contribution in [0.15, 0.2) is 12.1 Å². The molecule has 0 saturated heterocycles. The van der Waals surface area contributed by atoms with E-state index in [4.69, 9.17) is 10.5 Å². The first-order valence-electron chi connectivity index (χ1n) is 4.53. The summed E-state index contributed by atoms with van der Waals surface area (Å²) in [5.74, 6) is 0.162. The highest BCUT2D eigenvalue weighted by atomic mass is 16.5. The molecule has 2 N–H and O–H groups in total. The number of hydrogen-bond donors (Lipinski definition) is 1. The van der Waals surface area contributed by atoms with Gasteiger partial charge in [0.1, 0.15) is 12.4 Å². The third-order valence-electron chi connectivity index (χ3n) is 2.04. The molecule has 0 fully saturated rings. The van der Waals surface area contributed by atoms with E-state index in [2.05, 4.69) is 0 Å². The number of carbonyl (C=O) groups excluding carboxylic acids is 2. The van der Waals surface area contributed by atoms with E-state index < -0.39 is 5.91 Å². The van der Waals surface area contributed by atoms with E-state index in [1.807, 2.05) is 0 Å². The van der Waals surface area contributed by atoms with Crippen molar-refractivity contribution in [2.45, 2.75) is 13.8 Å². The summed E-state index contributed by atoms with van der Waals surface area (Å²) in [6, 6.07) is 3.30.